The van der Waals surface area contributed by atoms with E-state index >= 15 is 0 Å². The highest BCUT2D eigenvalue weighted by Gasteiger charge is 2.37. The van der Waals surface area contributed by atoms with Gasteiger partial charge in [-0.3, -0.25) is 18.7 Å². The number of aryl methyl sites for hydroxylation is 3. The maximum atomic E-state index is 12.9. The second-order valence-corrected chi connectivity index (χ2v) is 7.76. The fourth-order valence-corrected chi connectivity index (χ4v) is 3.69. The molecule has 1 amide bonds. The number of carbonyl (C=O) groups excluding carboxylic acids is 1. The largest absolute Gasteiger partial charge is 0.453 e. The highest BCUT2D eigenvalue weighted by Crippen LogP contribution is 2.27. The third-order valence-corrected chi connectivity index (χ3v) is 5.48. The van der Waals surface area contributed by atoms with Gasteiger partial charge in [0.05, 0.1) is 17.3 Å². The van der Waals surface area contributed by atoms with Crippen LogP contribution in [-0.4, -0.2) is 39.6 Å². The number of rotatable bonds is 4. The van der Waals surface area contributed by atoms with Crippen LogP contribution in [0.3, 0.4) is 0 Å². The first-order chi connectivity index (χ1) is 15.9. The van der Waals surface area contributed by atoms with Crippen LogP contribution in [0.15, 0.2) is 21.9 Å². The summed E-state index contributed by atoms with van der Waals surface area (Å²) < 4.78 is 42.0. The molecule has 4 aromatic rings. The highest BCUT2D eigenvalue weighted by molar-refractivity contribution is 5.92. The van der Waals surface area contributed by atoms with Gasteiger partial charge in [-0.1, -0.05) is 0 Å². The molecule has 4 aromatic heterocycles. The van der Waals surface area contributed by atoms with Crippen molar-refractivity contribution in [2.24, 2.45) is 14.1 Å². The van der Waals surface area contributed by atoms with E-state index < -0.39 is 29.2 Å². The van der Waals surface area contributed by atoms with Crippen molar-refractivity contribution in [3.8, 4) is 0 Å². The monoisotopic (exact) mass is 476 g/mol. The normalized spacial score (nSPS) is 12.0. The summed E-state index contributed by atoms with van der Waals surface area (Å²) >= 11 is 0. The molecule has 0 fully saturated rings. The van der Waals surface area contributed by atoms with E-state index in [1.165, 1.54) is 30.9 Å². The quantitative estimate of drug-likeness (QED) is 0.470. The fraction of sp³-hybridized carbons (Fsp3) is 0.350. The number of aromatic nitrogens is 7. The van der Waals surface area contributed by atoms with Gasteiger partial charge in [-0.25, -0.2) is 19.3 Å². The Hall–Kier alpha value is -4.10. The van der Waals surface area contributed by atoms with Gasteiger partial charge in [-0.05, 0) is 31.9 Å². The molecule has 0 aliphatic rings. The molecule has 0 aliphatic heterocycles. The maximum Gasteiger partial charge on any atom is 0.453 e. The number of anilines is 1. The van der Waals surface area contributed by atoms with Gasteiger partial charge in [0, 0.05) is 31.9 Å². The van der Waals surface area contributed by atoms with E-state index in [0.717, 1.165) is 9.08 Å². The zero-order chi connectivity index (χ0) is 24.9. The maximum absolute atomic E-state index is 12.9. The number of pyridine rings is 1. The summed E-state index contributed by atoms with van der Waals surface area (Å²) in [6.45, 7) is 3.20. The molecule has 0 bridgehead atoms. The molecule has 34 heavy (non-hydrogen) atoms. The van der Waals surface area contributed by atoms with E-state index in [0.29, 0.717) is 17.0 Å². The first-order valence-corrected chi connectivity index (χ1v) is 10.0. The van der Waals surface area contributed by atoms with Gasteiger partial charge in [0.2, 0.25) is 5.91 Å². The number of carbonyl (C=O) groups is 1. The number of nitrogens with zero attached hydrogens (tertiary/aromatic N) is 7. The molecule has 0 spiro atoms. The Labute approximate surface area is 188 Å². The van der Waals surface area contributed by atoms with Gasteiger partial charge in [0.1, 0.15) is 5.65 Å². The molecule has 0 radical (unpaired) electrons. The van der Waals surface area contributed by atoms with Crippen LogP contribution >= 0.6 is 0 Å². The minimum absolute atomic E-state index is 0.0149. The van der Waals surface area contributed by atoms with E-state index in [1.54, 1.807) is 13.8 Å². The molecule has 0 saturated heterocycles. The van der Waals surface area contributed by atoms with E-state index in [4.69, 9.17) is 0 Å². The van der Waals surface area contributed by atoms with Crippen LogP contribution in [-0.2, 0) is 31.5 Å². The van der Waals surface area contributed by atoms with Gasteiger partial charge in [0.15, 0.2) is 0 Å². The molecule has 4 heterocycles. The number of hydrogen-bond donors (Lipinski definition) is 1. The van der Waals surface area contributed by atoms with Gasteiger partial charge >= 0.3 is 11.9 Å². The molecule has 0 aliphatic carbocycles. The highest BCUT2D eigenvalue weighted by atomic mass is 19.4. The number of amides is 1. The Morgan fingerprint density at radius 1 is 1.12 bits per heavy atom. The topological polar surface area (TPSA) is 129 Å². The first kappa shape index (κ1) is 23.1. The summed E-state index contributed by atoms with van der Waals surface area (Å²) in [6, 6.07) is 1.43. The van der Waals surface area contributed by atoms with Gasteiger partial charge in [-0.15, -0.1) is 5.10 Å². The zero-order valence-electron chi connectivity index (χ0n) is 18.6. The standard InChI is InChI=1S/C20H19F3N8O3/c1-9-12(10(2)31-18(25-9)27-17(28-31)20(21,22)23)5-6-14(32)26-11-7-13-15(24-8-11)29(3)19(34)30(4)16(13)33/h7-8H,5-6H2,1-4H3,(H,26,32). The van der Waals surface area contributed by atoms with Crippen LogP contribution in [0, 0.1) is 13.8 Å². The average molecular weight is 476 g/mol. The summed E-state index contributed by atoms with van der Waals surface area (Å²) in [4.78, 5) is 48.6. The predicted molar refractivity (Wildman–Crippen MR) is 114 cm³/mol. The van der Waals surface area contributed by atoms with Crippen molar-refractivity contribution in [3.05, 3.63) is 55.9 Å². The average Bonchev–Trinajstić information content (AvgIpc) is 3.21. The molecule has 11 nitrogen and oxygen atoms in total. The Morgan fingerprint density at radius 2 is 1.82 bits per heavy atom. The van der Waals surface area contributed by atoms with Crippen LogP contribution in [0.5, 0.6) is 0 Å². The summed E-state index contributed by atoms with van der Waals surface area (Å²) in [7, 11) is 2.83. The van der Waals surface area contributed by atoms with Crippen molar-refractivity contribution in [3.63, 3.8) is 0 Å². The van der Waals surface area contributed by atoms with Crippen molar-refractivity contribution in [2.45, 2.75) is 32.9 Å². The molecule has 0 saturated carbocycles. The minimum Gasteiger partial charge on any atom is -0.325 e. The van der Waals surface area contributed by atoms with Crippen LogP contribution in [0.4, 0.5) is 18.9 Å². The molecular weight excluding hydrogens is 457 g/mol. The second-order valence-electron chi connectivity index (χ2n) is 7.76. The van der Waals surface area contributed by atoms with Crippen LogP contribution in [0.2, 0.25) is 0 Å². The van der Waals surface area contributed by atoms with Gasteiger partial charge < -0.3 is 5.32 Å². The lowest BCUT2D eigenvalue weighted by Gasteiger charge is -2.11. The third kappa shape index (κ3) is 3.91. The number of nitrogens with one attached hydrogen (secondary N) is 1. The van der Waals surface area contributed by atoms with Crippen LogP contribution in [0.1, 0.15) is 29.2 Å². The van der Waals surface area contributed by atoms with Crippen molar-refractivity contribution >= 4 is 28.4 Å². The van der Waals surface area contributed by atoms with Crippen molar-refractivity contribution in [2.75, 3.05) is 5.32 Å². The van der Waals surface area contributed by atoms with E-state index in [-0.39, 0.29) is 35.3 Å². The SMILES string of the molecule is Cc1nc2nc(C(F)(F)F)nn2c(C)c1CCC(=O)Nc1cnc2c(c1)c(=O)n(C)c(=O)n2C. The lowest BCUT2D eigenvalue weighted by Crippen LogP contribution is -2.37. The summed E-state index contributed by atoms with van der Waals surface area (Å²) in [5, 5.41) is 6.30. The summed E-state index contributed by atoms with van der Waals surface area (Å²) in [5.41, 5.74) is 0.794. The van der Waals surface area contributed by atoms with E-state index in [1.807, 2.05) is 0 Å². The van der Waals surface area contributed by atoms with Crippen LogP contribution < -0.4 is 16.6 Å². The third-order valence-electron chi connectivity index (χ3n) is 5.48. The van der Waals surface area contributed by atoms with Gasteiger partial charge in [0.25, 0.3) is 17.2 Å². The predicted octanol–water partition coefficient (Wildman–Crippen LogP) is 1.28. The van der Waals surface area contributed by atoms with Crippen molar-refractivity contribution in [1.29, 1.82) is 0 Å². The Kier molecular flexibility index (Phi) is 5.45. The molecule has 0 unspecified atom stereocenters. The smallest absolute Gasteiger partial charge is 0.325 e. The fourth-order valence-electron chi connectivity index (χ4n) is 3.69. The summed E-state index contributed by atoms with van der Waals surface area (Å²) in [6.07, 6.45) is -3.20. The number of halogens is 3. The molecular formula is C20H19F3N8O3. The van der Waals surface area contributed by atoms with Crippen molar-refractivity contribution in [1.82, 2.24) is 33.7 Å². The number of hydrogen-bond acceptors (Lipinski definition) is 7. The lowest BCUT2D eigenvalue weighted by molar-refractivity contribution is -0.144. The van der Waals surface area contributed by atoms with Gasteiger partial charge in [-0.2, -0.15) is 18.2 Å². The molecule has 0 atom stereocenters. The Balaban J connectivity index is 1.56. The molecule has 178 valence electrons. The summed E-state index contributed by atoms with van der Waals surface area (Å²) in [5.74, 6) is -1.87. The number of fused-ring (bicyclic) bond motifs is 2. The van der Waals surface area contributed by atoms with E-state index in [9.17, 15) is 27.6 Å². The zero-order valence-corrected chi connectivity index (χ0v) is 18.6. The van der Waals surface area contributed by atoms with Crippen molar-refractivity contribution < 1.29 is 18.0 Å². The Bertz CT molecular complexity index is 1580. The second kappa shape index (κ2) is 8.04. The molecule has 14 heteroatoms. The van der Waals surface area contributed by atoms with E-state index in [2.05, 4.69) is 25.4 Å². The molecule has 0 aromatic carbocycles. The minimum atomic E-state index is -4.70. The number of alkyl halides is 3. The molecule has 4 rings (SSSR count). The molecule has 1 N–H and O–H groups in total. The van der Waals surface area contributed by atoms with Crippen LogP contribution in [0.25, 0.3) is 16.8 Å². The lowest BCUT2D eigenvalue weighted by atomic mass is 10.1. The first-order valence-electron chi connectivity index (χ1n) is 10.0. The Morgan fingerprint density at radius 3 is 2.50 bits per heavy atom.